The van der Waals surface area contributed by atoms with Gasteiger partial charge >= 0.3 is 0 Å². The van der Waals surface area contributed by atoms with Crippen LogP contribution in [0.4, 0.5) is 0 Å². The van der Waals surface area contributed by atoms with Crippen LogP contribution in [0.2, 0.25) is 0 Å². The van der Waals surface area contributed by atoms with E-state index in [0.29, 0.717) is 22.6 Å². The molecule has 12 aromatic rings. The van der Waals surface area contributed by atoms with E-state index >= 15 is 0 Å². The zero-order chi connectivity index (χ0) is 52.5. The maximum atomic E-state index is 12.1. The average Bonchev–Trinajstić information content (AvgIpc) is 4.07. The van der Waals surface area contributed by atoms with Gasteiger partial charge in [-0.25, -0.2) is 9.97 Å². The molecule has 0 unspecified atom stereocenters. The zero-order valence-electron chi connectivity index (χ0n) is 45.2. The highest BCUT2D eigenvalue weighted by atomic mass is 16.3. The van der Waals surface area contributed by atoms with E-state index in [1.165, 1.54) is 22.3 Å². The van der Waals surface area contributed by atoms with E-state index in [-0.39, 0.29) is 21.7 Å². The van der Waals surface area contributed by atoms with Gasteiger partial charge in [-0.15, -0.1) is 0 Å². The van der Waals surface area contributed by atoms with Gasteiger partial charge in [0.2, 0.25) is 0 Å². The van der Waals surface area contributed by atoms with Crippen molar-refractivity contribution >= 4 is 65.6 Å². The van der Waals surface area contributed by atoms with Crippen molar-refractivity contribution in [2.45, 2.75) is 105 Å². The van der Waals surface area contributed by atoms with Gasteiger partial charge in [-0.05, 0) is 105 Å². The van der Waals surface area contributed by atoms with E-state index in [1.54, 1.807) is 0 Å². The van der Waals surface area contributed by atoms with Crippen LogP contribution < -0.4 is 0 Å². The topological polar surface area (TPSA) is 72.6 Å². The normalized spacial score (nSPS) is 12.8. The van der Waals surface area contributed by atoms with Crippen LogP contribution in [-0.4, -0.2) is 19.1 Å². The Hall–Kier alpha value is -8.27. The first-order chi connectivity index (χ1) is 35.7. The number of nitrogens with zero attached hydrogens (tertiary/aromatic N) is 5. The SMILES string of the molecule is CC(C)(C)c1ccc2c(c1)c1cc(C(C)(C)C)ccc1n2-c1cc2oc3c(-c4nc(-c5ccccc5)cc(-c5ccccc5)n4)cccc3c2c(-n2c3ccc(C(C)(C)C)cc3c3cc(C(C)(C)C)ccc32)c1C#N. The molecule has 6 nitrogen and oxygen atoms in total. The highest BCUT2D eigenvalue weighted by Crippen LogP contribution is 2.47. The second kappa shape index (κ2) is 16.9. The van der Waals surface area contributed by atoms with Gasteiger partial charge in [0.1, 0.15) is 22.8 Å². The molecule has 12 rings (SSSR count). The van der Waals surface area contributed by atoms with Crippen molar-refractivity contribution in [1.82, 2.24) is 19.1 Å². The predicted octanol–water partition coefficient (Wildman–Crippen LogP) is 18.6. The average molecular weight is 978 g/mol. The van der Waals surface area contributed by atoms with Gasteiger partial charge in [0.15, 0.2) is 5.82 Å². The molecule has 4 aromatic heterocycles. The van der Waals surface area contributed by atoms with Crippen LogP contribution in [0.15, 0.2) is 168 Å². The van der Waals surface area contributed by atoms with Crippen LogP contribution in [0.25, 0.3) is 111 Å². The van der Waals surface area contributed by atoms with Crippen molar-refractivity contribution in [3.8, 4) is 51.3 Å². The molecule has 370 valence electrons. The van der Waals surface area contributed by atoms with E-state index in [1.807, 2.05) is 36.4 Å². The highest BCUT2D eigenvalue weighted by Gasteiger charge is 2.30. The van der Waals surface area contributed by atoms with Crippen molar-refractivity contribution in [3.63, 3.8) is 0 Å². The molecule has 0 aliphatic heterocycles. The summed E-state index contributed by atoms with van der Waals surface area (Å²) in [4.78, 5) is 10.6. The lowest BCUT2D eigenvalue weighted by Gasteiger charge is -2.20. The van der Waals surface area contributed by atoms with Crippen LogP contribution in [0.1, 0.15) is 111 Å². The molecule has 0 bridgehead atoms. The van der Waals surface area contributed by atoms with Crippen LogP contribution in [0.3, 0.4) is 0 Å². The fourth-order valence-electron chi connectivity index (χ4n) is 11.1. The lowest BCUT2D eigenvalue weighted by atomic mass is 9.85. The fraction of sp³-hybridized carbons (Fsp3) is 0.232. The summed E-state index contributed by atoms with van der Waals surface area (Å²) in [5.74, 6) is 0.551. The minimum absolute atomic E-state index is 0.0808. The van der Waals surface area contributed by atoms with Crippen LogP contribution in [-0.2, 0) is 21.7 Å². The first kappa shape index (κ1) is 47.7. The Bertz CT molecular complexity index is 4120. The first-order valence-corrected chi connectivity index (χ1v) is 26.3. The smallest absolute Gasteiger partial charge is 0.164 e. The number of rotatable bonds is 5. The highest BCUT2D eigenvalue weighted by molar-refractivity contribution is 6.18. The number of aromatic nitrogens is 4. The van der Waals surface area contributed by atoms with Gasteiger partial charge in [0, 0.05) is 44.1 Å². The number of fused-ring (bicyclic) bond motifs is 9. The first-order valence-electron chi connectivity index (χ1n) is 26.3. The third-order valence-electron chi connectivity index (χ3n) is 15.4. The van der Waals surface area contributed by atoms with Crippen LogP contribution in [0, 0.1) is 11.3 Å². The Balaban J connectivity index is 1.25. The minimum atomic E-state index is -0.0943. The molecule has 0 amide bonds. The summed E-state index contributed by atoms with van der Waals surface area (Å²) < 4.78 is 12.0. The number of benzene rings is 8. The fourth-order valence-corrected chi connectivity index (χ4v) is 11.1. The van der Waals surface area contributed by atoms with Crippen LogP contribution >= 0.6 is 0 Å². The third-order valence-corrected chi connectivity index (χ3v) is 15.4. The molecule has 0 aliphatic carbocycles. The van der Waals surface area contributed by atoms with Crippen molar-refractivity contribution < 1.29 is 4.42 Å². The zero-order valence-corrected chi connectivity index (χ0v) is 45.2. The Morgan fingerprint density at radius 2 is 0.840 bits per heavy atom. The van der Waals surface area contributed by atoms with Gasteiger partial charge in [-0.2, -0.15) is 5.26 Å². The van der Waals surface area contributed by atoms with E-state index < -0.39 is 0 Å². The molecule has 0 saturated carbocycles. The molecular formula is C69H63N5O. The molecule has 0 atom stereocenters. The maximum Gasteiger partial charge on any atom is 0.164 e. The standard InChI is InChI=1S/C69H63N5O/c1-66(2,3)43-26-30-56-49(34-43)50-35-44(67(4,5)6)27-31-57(50)73(56)60-39-61-62(63(53(60)40-70)74-58-32-28-45(68(7,8)9)36-51(58)52-37-46(69(10,11)12)29-33-59(52)74)47-24-19-25-48(64(47)75-61)65-71-54(41-20-15-13-16-21-41)38-55(72-65)42-22-17-14-18-23-42/h13-39H,1-12H3. The molecule has 0 radical (unpaired) electrons. The van der Waals surface area contributed by atoms with Gasteiger partial charge in [0.05, 0.1) is 55.8 Å². The van der Waals surface area contributed by atoms with Gasteiger partial charge in [0.25, 0.3) is 0 Å². The Morgan fingerprint density at radius 3 is 1.24 bits per heavy atom. The summed E-state index contributed by atoms with van der Waals surface area (Å²) in [6.45, 7) is 27.2. The molecule has 4 heterocycles. The van der Waals surface area contributed by atoms with Gasteiger partial charge in [-0.1, -0.05) is 180 Å². The Kier molecular flexibility index (Phi) is 10.7. The molecule has 8 aromatic carbocycles. The number of hydrogen-bond acceptors (Lipinski definition) is 4. The molecule has 0 N–H and O–H groups in total. The molecule has 6 heteroatoms. The Morgan fingerprint density at radius 1 is 0.427 bits per heavy atom. The minimum Gasteiger partial charge on any atom is -0.455 e. The summed E-state index contributed by atoms with van der Waals surface area (Å²) in [5.41, 5.74) is 16.5. The summed E-state index contributed by atoms with van der Waals surface area (Å²) in [6.07, 6.45) is 0. The van der Waals surface area contributed by atoms with Crippen LogP contribution in [0.5, 0.6) is 0 Å². The number of nitriles is 1. The van der Waals surface area contributed by atoms with E-state index in [9.17, 15) is 5.26 Å². The maximum absolute atomic E-state index is 12.1. The second-order valence-electron chi connectivity index (χ2n) is 24.7. The summed E-state index contributed by atoms with van der Waals surface area (Å²) in [7, 11) is 0. The van der Waals surface area contributed by atoms with Crippen molar-refractivity contribution in [2.24, 2.45) is 0 Å². The number of para-hydroxylation sites is 1. The molecule has 0 saturated heterocycles. The Labute approximate surface area is 439 Å². The van der Waals surface area contributed by atoms with Gasteiger partial charge < -0.3 is 13.6 Å². The molecule has 0 spiro atoms. The van der Waals surface area contributed by atoms with Gasteiger partial charge in [-0.3, -0.25) is 0 Å². The number of hydrogen-bond donors (Lipinski definition) is 0. The quantitative estimate of drug-likeness (QED) is 0.172. The van der Waals surface area contributed by atoms with Crippen molar-refractivity contribution in [2.75, 3.05) is 0 Å². The molecule has 0 fully saturated rings. The molecule has 0 aliphatic rings. The molecular weight excluding hydrogens is 915 g/mol. The third kappa shape index (κ3) is 7.91. The largest absolute Gasteiger partial charge is 0.455 e. The van der Waals surface area contributed by atoms with E-state index in [2.05, 4.69) is 226 Å². The van der Waals surface area contributed by atoms with Crippen molar-refractivity contribution in [1.29, 1.82) is 5.26 Å². The predicted molar refractivity (Wildman–Crippen MR) is 314 cm³/mol. The molecule has 75 heavy (non-hydrogen) atoms. The summed E-state index contributed by atoms with van der Waals surface area (Å²) >= 11 is 0. The second-order valence-corrected chi connectivity index (χ2v) is 24.7. The summed E-state index contributed by atoms with van der Waals surface area (Å²) in [5, 5.41) is 18.4. The lowest BCUT2D eigenvalue weighted by Crippen LogP contribution is -2.10. The summed E-state index contributed by atoms with van der Waals surface area (Å²) in [6, 6.07) is 61.4. The van der Waals surface area contributed by atoms with E-state index in [4.69, 9.17) is 14.4 Å². The monoisotopic (exact) mass is 978 g/mol. The number of furan rings is 1. The van der Waals surface area contributed by atoms with Crippen molar-refractivity contribution in [3.05, 3.63) is 192 Å². The van der Waals surface area contributed by atoms with E-state index in [0.717, 1.165) is 93.8 Å². The lowest BCUT2D eigenvalue weighted by molar-refractivity contribution is 0.590.